The number of nitrogens with zero attached hydrogens (tertiary/aromatic N) is 1. The summed E-state index contributed by atoms with van der Waals surface area (Å²) in [6.07, 6.45) is 1.42. The van der Waals surface area contributed by atoms with Gasteiger partial charge in [0.2, 0.25) is 11.8 Å². The summed E-state index contributed by atoms with van der Waals surface area (Å²) >= 11 is 3.39. The number of amides is 4. The molecule has 0 aliphatic carbocycles. The Morgan fingerprint density at radius 1 is 1.03 bits per heavy atom. The Bertz CT molecular complexity index is 928. The molecule has 1 aliphatic heterocycles. The van der Waals surface area contributed by atoms with Crippen LogP contribution in [-0.4, -0.2) is 42.4 Å². The second-order valence-electron chi connectivity index (χ2n) is 7.61. The van der Waals surface area contributed by atoms with Gasteiger partial charge >= 0.3 is 6.03 Å². The van der Waals surface area contributed by atoms with E-state index in [2.05, 4.69) is 31.9 Å². The Hall–Kier alpha value is -2.87. The van der Waals surface area contributed by atoms with Gasteiger partial charge in [0.05, 0.1) is 0 Å². The van der Waals surface area contributed by atoms with Crippen LogP contribution in [0.15, 0.2) is 53.0 Å². The summed E-state index contributed by atoms with van der Waals surface area (Å²) in [7, 11) is 0. The minimum absolute atomic E-state index is 0.0606. The van der Waals surface area contributed by atoms with Crippen LogP contribution in [0.25, 0.3) is 0 Å². The van der Waals surface area contributed by atoms with Crippen LogP contribution < -0.4 is 16.0 Å². The standard InChI is InChI=1S/C23H27BrN4O3/c1-16-7-8-18(24)15-20(16)27-21(29)9-12-25-22(30)17-10-13-28(14-11-17)23(31)26-19-5-3-2-4-6-19/h2-8,15,17H,9-14H2,1H3,(H,25,30)(H,26,31)(H,27,29). The molecule has 1 fully saturated rings. The third-order valence-electron chi connectivity index (χ3n) is 5.30. The van der Waals surface area contributed by atoms with Crippen LogP contribution in [0, 0.1) is 12.8 Å². The first-order valence-electron chi connectivity index (χ1n) is 10.4. The molecule has 0 bridgehead atoms. The van der Waals surface area contributed by atoms with E-state index in [0.29, 0.717) is 25.9 Å². The molecule has 7 nitrogen and oxygen atoms in total. The number of benzene rings is 2. The van der Waals surface area contributed by atoms with Crippen molar-refractivity contribution in [1.29, 1.82) is 0 Å². The third kappa shape index (κ3) is 6.82. The molecule has 31 heavy (non-hydrogen) atoms. The van der Waals surface area contributed by atoms with Crippen molar-refractivity contribution >= 4 is 45.2 Å². The van der Waals surface area contributed by atoms with E-state index in [1.54, 1.807) is 4.90 Å². The first-order chi connectivity index (χ1) is 14.9. The first-order valence-corrected chi connectivity index (χ1v) is 11.2. The third-order valence-corrected chi connectivity index (χ3v) is 5.80. The summed E-state index contributed by atoms with van der Waals surface area (Å²) < 4.78 is 0.894. The van der Waals surface area contributed by atoms with Crippen molar-refractivity contribution in [3.8, 4) is 0 Å². The van der Waals surface area contributed by atoms with Gasteiger partial charge in [-0.2, -0.15) is 0 Å². The van der Waals surface area contributed by atoms with Gasteiger partial charge in [-0.15, -0.1) is 0 Å². The molecule has 0 radical (unpaired) electrons. The van der Waals surface area contributed by atoms with Gasteiger partial charge in [0, 0.05) is 47.8 Å². The minimum Gasteiger partial charge on any atom is -0.355 e. The van der Waals surface area contributed by atoms with E-state index in [9.17, 15) is 14.4 Å². The molecule has 1 aliphatic rings. The predicted octanol–water partition coefficient (Wildman–Crippen LogP) is 4.15. The number of aryl methyl sites for hydroxylation is 1. The number of nitrogens with one attached hydrogen (secondary N) is 3. The summed E-state index contributed by atoms with van der Waals surface area (Å²) in [5, 5.41) is 8.59. The monoisotopic (exact) mass is 486 g/mol. The molecule has 8 heteroatoms. The lowest BCUT2D eigenvalue weighted by Crippen LogP contribution is -2.44. The molecule has 3 N–H and O–H groups in total. The average molecular weight is 487 g/mol. The number of carbonyl (C=O) groups is 3. The van der Waals surface area contributed by atoms with Crippen LogP contribution in [0.2, 0.25) is 0 Å². The van der Waals surface area contributed by atoms with Gasteiger partial charge in [-0.05, 0) is 49.6 Å². The number of anilines is 2. The van der Waals surface area contributed by atoms with E-state index in [1.165, 1.54) is 0 Å². The quantitative estimate of drug-likeness (QED) is 0.572. The number of hydrogen-bond acceptors (Lipinski definition) is 3. The molecule has 4 amide bonds. The van der Waals surface area contributed by atoms with Crippen LogP contribution in [0.4, 0.5) is 16.2 Å². The molecule has 0 atom stereocenters. The second kappa shape index (κ2) is 10.9. The molecule has 2 aromatic carbocycles. The van der Waals surface area contributed by atoms with E-state index in [0.717, 1.165) is 21.4 Å². The number of urea groups is 1. The highest BCUT2D eigenvalue weighted by Gasteiger charge is 2.27. The zero-order valence-corrected chi connectivity index (χ0v) is 19.1. The Balaban J connectivity index is 1.36. The van der Waals surface area contributed by atoms with Crippen LogP contribution in [-0.2, 0) is 9.59 Å². The number of rotatable bonds is 6. The molecule has 0 spiro atoms. The van der Waals surface area contributed by atoms with E-state index in [-0.39, 0.29) is 36.7 Å². The van der Waals surface area contributed by atoms with Crippen LogP contribution in [0.1, 0.15) is 24.8 Å². The van der Waals surface area contributed by atoms with E-state index >= 15 is 0 Å². The summed E-state index contributed by atoms with van der Waals surface area (Å²) in [6, 6.07) is 14.9. The lowest BCUT2D eigenvalue weighted by atomic mass is 9.96. The number of para-hydroxylation sites is 1. The Labute approximate surface area is 190 Å². The van der Waals surface area contributed by atoms with Gasteiger partial charge in [-0.1, -0.05) is 40.2 Å². The SMILES string of the molecule is Cc1ccc(Br)cc1NC(=O)CCNC(=O)C1CCN(C(=O)Nc2ccccc2)CC1. The maximum Gasteiger partial charge on any atom is 0.321 e. The Morgan fingerprint density at radius 3 is 2.45 bits per heavy atom. The summed E-state index contributed by atoms with van der Waals surface area (Å²) in [6.45, 7) is 3.27. The van der Waals surface area contributed by atoms with Gasteiger partial charge in [-0.3, -0.25) is 9.59 Å². The number of carbonyl (C=O) groups excluding carboxylic acids is 3. The van der Waals surface area contributed by atoms with Gasteiger partial charge in [0.15, 0.2) is 0 Å². The topological polar surface area (TPSA) is 90.5 Å². The number of hydrogen-bond donors (Lipinski definition) is 3. The van der Waals surface area contributed by atoms with Crippen LogP contribution >= 0.6 is 15.9 Å². The maximum absolute atomic E-state index is 12.4. The Kier molecular flexibility index (Phi) is 8.06. The van der Waals surface area contributed by atoms with Crippen molar-refractivity contribution in [3.63, 3.8) is 0 Å². The van der Waals surface area contributed by atoms with Crippen LogP contribution in [0.5, 0.6) is 0 Å². The Morgan fingerprint density at radius 2 is 1.74 bits per heavy atom. The summed E-state index contributed by atoms with van der Waals surface area (Å²) in [5.74, 6) is -0.348. The largest absolute Gasteiger partial charge is 0.355 e. The van der Waals surface area contributed by atoms with Crippen molar-refractivity contribution in [3.05, 3.63) is 58.6 Å². The molecule has 3 rings (SSSR count). The molecule has 0 aromatic heterocycles. The van der Waals surface area contributed by atoms with E-state index in [1.807, 2.05) is 55.5 Å². The smallest absolute Gasteiger partial charge is 0.321 e. The molecular weight excluding hydrogens is 460 g/mol. The zero-order chi connectivity index (χ0) is 22.2. The molecule has 1 heterocycles. The van der Waals surface area contributed by atoms with E-state index in [4.69, 9.17) is 0 Å². The molecule has 1 saturated heterocycles. The van der Waals surface area contributed by atoms with Gasteiger partial charge in [0.25, 0.3) is 0 Å². The number of piperidine rings is 1. The summed E-state index contributed by atoms with van der Waals surface area (Å²) in [5.41, 5.74) is 2.49. The maximum atomic E-state index is 12.4. The van der Waals surface area contributed by atoms with Gasteiger partial charge < -0.3 is 20.9 Å². The van der Waals surface area contributed by atoms with Crippen LogP contribution in [0.3, 0.4) is 0 Å². The van der Waals surface area contributed by atoms with E-state index < -0.39 is 0 Å². The minimum atomic E-state index is -0.149. The first kappa shape index (κ1) is 22.8. The fraction of sp³-hybridized carbons (Fsp3) is 0.348. The predicted molar refractivity (Wildman–Crippen MR) is 125 cm³/mol. The number of likely N-dealkylation sites (tertiary alicyclic amines) is 1. The van der Waals surface area contributed by atoms with Crippen molar-refractivity contribution < 1.29 is 14.4 Å². The lowest BCUT2D eigenvalue weighted by Gasteiger charge is -2.31. The van der Waals surface area contributed by atoms with Gasteiger partial charge in [0.1, 0.15) is 0 Å². The lowest BCUT2D eigenvalue weighted by molar-refractivity contribution is -0.126. The zero-order valence-electron chi connectivity index (χ0n) is 17.5. The second-order valence-corrected chi connectivity index (χ2v) is 8.52. The molecular formula is C23H27BrN4O3. The fourth-order valence-corrected chi connectivity index (χ4v) is 3.82. The average Bonchev–Trinajstić information content (AvgIpc) is 2.77. The molecule has 164 valence electrons. The highest BCUT2D eigenvalue weighted by atomic mass is 79.9. The molecule has 0 saturated carbocycles. The van der Waals surface area contributed by atoms with Crippen molar-refractivity contribution in [2.75, 3.05) is 30.3 Å². The number of halogens is 1. The molecule has 0 unspecified atom stereocenters. The highest BCUT2D eigenvalue weighted by Crippen LogP contribution is 2.21. The van der Waals surface area contributed by atoms with Gasteiger partial charge in [-0.25, -0.2) is 4.79 Å². The summed E-state index contributed by atoms with van der Waals surface area (Å²) in [4.78, 5) is 38.7. The normalized spacial score (nSPS) is 14.1. The van der Waals surface area contributed by atoms with Crippen molar-refractivity contribution in [1.82, 2.24) is 10.2 Å². The fourth-order valence-electron chi connectivity index (χ4n) is 3.45. The highest BCUT2D eigenvalue weighted by molar-refractivity contribution is 9.10. The van der Waals surface area contributed by atoms with Crippen molar-refractivity contribution in [2.45, 2.75) is 26.2 Å². The molecule has 2 aromatic rings. The van der Waals surface area contributed by atoms with Crippen molar-refractivity contribution in [2.24, 2.45) is 5.92 Å².